The molecule has 1 aromatic carbocycles. The Morgan fingerprint density at radius 3 is 1.93 bits per heavy atom. The topological polar surface area (TPSA) is 59.1 Å². The smallest absolute Gasteiger partial charge is 0.254 e. The molecule has 0 bridgehead atoms. The van der Waals surface area contributed by atoms with Crippen LogP contribution in [0.2, 0.25) is 0 Å². The lowest BCUT2D eigenvalue weighted by molar-refractivity contribution is -0.0522. The molecule has 150 valence electrons. The van der Waals surface area contributed by atoms with Gasteiger partial charge < -0.3 is 19.3 Å². The Hall–Kier alpha value is -2.18. The molecule has 0 unspecified atom stereocenters. The lowest BCUT2D eigenvalue weighted by atomic mass is 9.87. The van der Waals surface area contributed by atoms with Crippen LogP contribution in [0.3, 0.4) is 0 Å². The molecule has 0 saturated carbocycles. The van der Waals surface area contributed by atoms with Gasteiger partial charge in [0.1, 0.15) is 0 Å². The number of carbonyl (C=O) groups is 2. The van der Waals surface area contributed by atoms with Crippen LogP contribution in [0, 0.1) is 0 Å². The molecule has 2 amide bonds. The standard InChI is InChI=1S/C22H28N2O4/c1-17-6-13-28-22(16-17)7-9-23(10-8-22)20(25)18-2-4-19(5-3-18)21(26)24-11-14-27-15-12-24/h2-5,16H,6-15H2,1H3. The number of ether oxygens (including phenoxy) is 2. The maximum absolute atomic E-state index is 12.9. The second-order valence-electron chi connectivity index (χ2n) is 7.93. The zero-order valence-electron chi connectivity index (χ0n) is 16.5. The molecule has 0 atom stereocenters. The van der Waals surface area contributed by atoms with E-state index in [2.05, 4.69) is 13.0 Å². The second kappa shape index (κ2) is 8.05. The third-order valence-corrected chi connectivity index (χ3v) is 5.97. The van der Waals surface area contributed by atoms with Crippen LogP contribution in [0.5, 0.6) is 0 Å². The van der Waals surface area contributed by atoms with Gasteiger partial charge in [0.2, 0.25) is 0 Å². The monoisotopic (exact) mass is 384 g/mol. The van der Waals surface area contributed by atoms with Gasteiger partial charge in [-0.15, -0.1) is 0 Å². The van der Waals surface area contributed by atoms with Crippen molar-refractivity contribution in [1.82, 2.24) is 9.80 Å². The highest BCUT2D eigenvalue weighted by molar-refractivity contribution is 5.98. The zero-order valence-corrected chi connectivity index (χ0v) is 16.5. The first-order valence-electron chi connectivity index (χ1n) is 10.1. The van der Waals surface area contributed by atoms with Gasteiger partial charge in [-0.2, -0.15) is 0 Å². The third-order valence-electron chi connectivity index (χ3n) is 5.97. The van der Waals surface area contributed by atoms with E-state index in [0.717, 1.165) is 25.9 Å². The van der Waals surface area contributed by atoms with Gasteiger partial charge in [-0.1, -0.05) is 11.6 Å². The van der Waals surface area contributed by atoms with Crippen molar-refractivity contribution in [1.29, 1.82) is 0 Å². The molecule has 4 rings (SSSR count). The summed E-state index contributed by atoms with van der Waals surface area (Å²) in [7, 11) is 0. The average Bonchev–Trinajstić information content (AvgIpc) is 2.74. The van der Waals surface area contributed by atoms with Gasteiger partial charge in [0, 0.05) is 37.3 Å². The van der Waals surface area contributed by atoms with Crippen LogP contribution in [0.15, 0.2) is 35.9 Å². The summed E-state index contributed by atoms with van der Waals surface area (Å²) in [6, 6.07) is 7.04. The first-order valence-corrected chi connectivity index (χ1v) is 10.1. The Labute approximate surface area is 166 Å². The van der Waals surface area contributed by atoms with Gasteiger partial charge in [0.25, 0.3) is 11.8 Å². The Balaban J connectivity index is 1.37. The van der Waals surface area contributed by atoms with E-state index in [1.54, 1.807) is 29.2 Å². The highest BCUT2D eigenvalue weighted by Crippen LogP contribution is 2.33. The minimum absolute atomic E-state index is 0.00109. The fraction of sp³-hybridized carbons (Fsp3) is 0.545. The first kappa shape index (κ1) is 19.2. The molecule has 3 aliphatic rings. The largest absolute Gasteiger partial charge is 0.378 e. The number of benzene rings is 1. The van der Waals surface area contributed by atoms with Crippen LogP contribution in [0.4, 0.5) is 0 Å². The highest BCUT2D eigenvalue weighted by atomic mass is 16.5. The van der Waals surface area contributed by atoms with Crippen LogP contribution in [-0.4, -0.2) is 73.2 Å². The number of hydrogen-bond acceptors (Lipinski definition) is 4. The number of amides is 2. The summed E-state index contributed by atoms with van der Waals surface area (Å²) in [4.78, 5) is 29.1. The molecule has 2 fully saturated rings. The van der Waals surface area contributed by atoms with E-state index >= 15 is 0 Å². The van der Waals surface area contributed by atoms with Crippen LogP contribution >= 0.6 is 0 Å². The molecule has 0 radical (unpaired) electrons. The van der Waals surface area contributed by atoms with Crippen molar-refractivity contribution < 1.29 is 19.1 Å². The molecule has 2 saturated heterocycles. The SMILES string of the molecule is CC1=CC2(CCN(C(=O)c3ccc(C(=O)N4CCOCC4)cc3)CC2)OCC1. The summed E-state index contributed by atoms with van der Waals surface area (Å²) < 4.78 is 11.3. The molecular formula is C22H28N2O4. The van der Waals surface area contributed by atoms with Gasteiger partial charge >= 0.3 is 0 Å². The van der Waals surface area contributed by atoms with Crippen LogP contribution < -0.4 is 0 Å². The summed E-state index contributed by atoms with van der Waals surface area (Å²) in [6.07, 6.45) is 4.93. The lowest BCUT2D eigenvalue weighted by Gasteiger charge is -2.42. The minimum Gasteiger partial charge on any atom is -0.378 e. The summed E-state index contributed by atoms with van der Waals surface area (Å²) in [5.41, 5.74) is 2.44. The van der Waals surface area contributed by atoms with E-state index < -0.39 is 0 Å². The number of piperidine rings is 1. The van der Waals surface area contributed by atoms with Gasteiger partial charge in [0.05, 0.1) is 25.4 Å². The molecule has 3 heterocycles. The summed E-state index contributed by atoms with van der Waals surface area (Å²) in [6.45, 7) is 6.70. The Morgan fingerprint density at radius 1 is 0.857 bits per heavy atom. The van der Waals surface area contributed by atoms with Crippen molar-refractivity contribution in [3.8, 4) is 0 Å². The third kappa shape index (κ3) is 3.98. The molecule has 1 aromatic rings. The number of rotatable bonds is 2. The second-order valence-corrected chi connectivity index (χ2v) is 7.93. The molecule has 6 nitrogen and oxygen atoms in total. The van der Waals surface area contributed by atoms with Crippen molar-refractivity contribution in [2.24, 2.45) is 0 Å². The van der Waals surface area contributed by atoms with E-state index in [4.69, 9.17) is 9.47 Å². The number of nitrogens with zero attached hydrogens (tertiary/aromatic N) is 2. The number of morpholine rings is 1. The van der Waals surface area contributed by atoms with E-state index in [1.807, 2.05) is 4.90 Å². The summed E-state index contributed by atoms with van der Waals surface area (Å²) >= 11 is 0. The van der Waals surface area contributed by atoms with Crippen molar-refractivity contribution >= 4 is 11.8 Å². The molecule has 6 heteroatoms. The van der Waals surface area contributed by atoms with Crippen molar-refractivity contribution in [2.75, 3.05) is 46.0 Å². The Morgan fingerprint density at radius 2 is 1.39 bits per heavy atom. The Bertz CT molecular complexity index is 757. The number of carbonyl (C=O) groups excluding carboxylic acids is 2. The molecule has 3 aliphatic heterocycles. The lowest BCUT2D eigenvalue weighted by Crippen LogP contribution is -2.48. The number of likely N-dealkylation sites (tertiary alicyclic amines) is 1. The molecule has 0 aliphatic carbocycles. The summed E-state index contributed by atoms with van der Waals surface area (Å²) in [5.74, 6) is 0.0237. The van der Waals surface area contributed by atoms with Crippen LogP contribution in [-0.2, 0) is 9.47 Å². The van der Waals surface area contributed by atoms with Crippen molar-refractivity contribution in [2.45, 2.75) is 31.8 Å². The normalized spacial score (nSPS) is 22.1. The predicted molar refractivity (Wildman–Crippen MR) is 105 cm³/mol. The van der Waals surface area contributed by atoms with Gasteiger partial charge in [0.15, 0.2) is 0 Å². The predicted octanol–water partition coefficient (Wildman–Crippen LogP) is 2.50. The average molecular weight is 384 g/mol. The highest BCUT2D eigenvalue weighted by Gasteiger charge is 2.36. The van der Waals surface area contributed by atoms with E-state index in [9.17, 15) is 9.59 Å². The van der Waals surface area contributed by atoms with Gasteiger partial charge in [-0.05, 0) is 50.5 Å². The maximum atomic E-state index is 12.9. The molecular weight excluding hydrogens is 356 g/mol. The molecule has 0 N–H and O–H groups in total. The van der Waals surface area contributed by atoms with Gasteiger partial charge in [-0.25, -0.2) is 0 Å². The fourth-order valence-corrected chi connectivity index (χ4v) is 4.24. The summed E-state index contributed by atoms with van der Waals surface area (Å²) in [5, 5.41) is 0. The van der Waals surface area contributed by atoms with E-state index in [0.29, 0.717) is 50.5 Å². The van der Waals surface area contributed by atoms with Crippen LogP contribution in [0.1, 0.15) is 46.9 Å². The quantitative estimate of drug-likeness (QED) is 0.735. The molecule has 1 spiro atoms. The maximum Gasteiger partial charge on any atom is 0.254 e. The van der Waals surface area contributed by atoms with E-state index in [1.165, 1.54) is 5.57 Å². The van der Waals surface area contributed by atoms with Crippen molar-refractivity contribution in [3.63, 3.8) is 0 Å². The first-order chi connectivity index (χ1) is 13.6. The van der Waals surface area contributed by atoms with Crippen molar-refractivity contribution in [3.05, 3.63) is 47.0 Å². The van der Waals surface area contributed by atoms with Gasteiger partial charge in [-0.3, -0.25) is 9.59 Å². The fourth-order valence-electron chi connectivity index (χ4n) is 4.24. The molecule has 28 heavy (non-hydrogen) atoms. The number of hydrogen-bond donors (Lipinski definition) is 0. The molecule has 0 aromatic heterocycles. The Kier molecular flexibility index (Phi) is 5.51. The minimum atomic E-state index is -0.187. The van der Waals surface area contributed by atoms with E-state index in [-0.39, 0.29) is 17.4 Å². The van der Waals surface area contributed by atoms with Crippen LogP contribution in [0.25, 0.3) is 0 Å². The zero-order chi connectivity index (χ0) is 19.6.